The maximum atomic E-state index is 11.6. The van der Waals surface area contributed by atoms with E-state index in [2.05, 4.69) is 15.3 Å². The number of nitrogens with zero attached hydrogens (tertiary/aromatic N) is 2. The zero-order valence-corrected chi connectivity index (χ0v) is 9.84. The lowest BCUT2D eigenvalue weighted by atomic mass is 10.1. The van der Waals surface area contributed by atoms with Gasteiger partial charge < -0.3 is 10.1 Å². The standard InChI is InChI=1S/C11H15N3O3/c1-3-17-11(16)10(14-8(2)15)6-9-7-12-4-5-13-9/h4-5,7,10H,3,6H2,1-2H3,(H,14,15). The van der Waals surface area contributed by atoms with Crippen molar-refractivity contribution in [3.05, 3.63) is 24.3 Å². The molecule has 1 amide bonds. The monoisotopic (exact) mass is 237 g/mol. The lowest BCUT2D eigenvalue weighted by Gasteiger charge is -2.15. The SMILES string of the molecule is CCOC(=O)C(Cc1cnccn1)NC(C)=O. The number of hydrogen-bond donors (Lipinski definition) is 1. The number of carbonyl (C=O) groups excluding carboxylic acids is 2. The molecule has 6 nitrogen and oxygen atoms in total. The molecule has 0 radical (unpaired) electrons. The second kappa shape index (κ2) is 6.57. The Labute approximate surface area is 99.4 Å². The number of nitrogens with one attached hydrogen (secondary N) is 1. The summed E-state index contributed by atoms with van der Waals surface area (Å²) in [5.74, 6) is -0.750. The van der Waals surface area contributed by atoms with Gasteiger partial charge in [0.05, 0.1) is 12.3 Å². The summed E-state index contributed by atoms with van der Waals surface area (Å²) in [6, 6.07) is -0.718. The minimum Gasteiger partial charge on any atom is -0.464 e. The second-order valence-electron chi connectivity index (χ2n) is 3.41. The molecule has 1 aromatic heterocycles. The quantitative estimate of drug-likeness (QED) is 0.734. The predicted octanol–water partition coefficient (Wildman–Crippen LogP) is 0.0869. The Bertz CT molecular complexity index is 381. The van der Waals surface area contributed by atoms with Gasteiger partial charge in [-0.05, 0) is 6.92 Å². The molecule has 1 aromatic rings. The summed E-state index contributed by atoms with van der Waals surface area (Å²) in [5, 5.41) is 2.53. The van der Waals surface area contributed by atoms with E-state index in [0.717, 1.165) is 0 Å². The van der Waals surface area contributed by atoms with Gasteiger partial charge in [0.2, 0.25) is 5.91 Å². The number of esters is 1. The van der Waals surface area contributed by atoms with Gasteiger partial charge in [-0.25, -0.2) is 4.79 Å². The first kappa shape index (κ1) is 13.1. The van der Waals surface area contributed by atoms with E-state index in [4.69, 9.17) is 4.74 Å². The second-order valence-corrected chi connectivity index (χ2v) is 3.41. The molecule has 17 heavy (non-hydrogen) atoms. The Balaban J connectivity index is 2.70. The fraction of sp³-hybridized carbons (Fsp3) is 0.455. The zero-order chi connectivity index (χ0) is 12.7. The lowest BCUT2D eigenvalue weighted by molar-refractivity contribution is -0.147. The molecule has 1 heterocycles. The molecule has 1 unspecified atom stereocenters. The fourth-order valence-electron chi connectivity index (χ4n) is 1.33. The highest BCUT2D eigenvalue weighted by molar-refractivity contribution is 5.83. The van der Waals surface area contributed by atoms with Gasteiger partial charge in [0.15, 0.2) is 0 Å². The summed E-state index contributed by atoms with van der Waals surface area (Å²) in [4.78, 5) is 30.5. The van der Waals surface area contributed by atoms with Crippen molar-refractivity contribution in [1.82, 2.24) is 15.3 Å². The van der Waals surface area contributed by atoms with Gasteiger partial charge in [0.1, 0.15) is 6.04 Å². The lowest BCUT2D eigenvalue weighted by Crippen LogP contribution is -2.42. The molecule has 92 valence electrons. The van der Waals surface area contributed by atoms with Crippen molar-refractivity contribution in [3.8, 4) is 0 Å². The minimum absolute atomic E-state index is 0.270. The van der Waals surface area contributed by atoms with Crippen LogP contribution in [0.5, 0.6) is 0 Å². The minimum atomic E-state index is -0.718. The van der Waals surface area contributed by atoms with E-state index in [-0.39, 0.29) is 18.9 Å². The molecule has 0 bridgehead atoms. The average Bonchev–Trinajstić information content (AvgIpc) is 2.29. The molecular formula is C11H15N3O3. The van der Waals surface area contributed by atoms with Gasteiger partial charge in [-0.2, -0.15) is 0 Å². The molecule has 6 heteroatoms. The topological polar surface area (TPSA) is 81.2 Å². The van der Waals surface area contributed by atoms with Crippen LogP contribution in [0.25, 0.3) is 0 Å². The van der Waals surface area contributed by atoms with Gasteiger partial charge in [0.25, 0.3) is 0 Å². The van der Waals surface area contributed by atoms with Crippen molar-refractivity contribution in [1.29, 1.82) is 0 Å². The van der Waals surface area contributed by atoms with Gasteiger partial charge in [0, 0.05) is 31.9 Å². The predicted molar refractivity (Wildman–Crippen MR) is 60.0 cm³/mol. The third-order valence-electron chi connectivity index (χ3n) is 1.98. The number of ether oxygens (including phenoxy) is 1. The van der Waals surface area contributed by atoms with Crippen molar-refractivity contribution in [2.75, 3.05) is 6.61 Å². The highest BCUT2D eigenvalue weighted by atomic mass is 16.5. The van der Waals surface area contributed by atoms with Gasteiger partial charge in [-0.3, -0.25) is 14.8 Å². The number of rotatable bonds is 5. The van der Waals surface area contributed by atoms with E-state index in [1.54, 1.807) is 19.3 Å². The van der Waals surface area contributed by atoms with Crippen molar-refractivity contribution in [2.24, 2.45) is 0 Å². The summed E-state index contributed by atoms with van der Waals surface area (Å²) in [5.41, 5.74) is 0.624. The number of hydrogen-bond acceptors (Lipinski definition) is 5. The molecule has 0 spiro atoms. The van der Waals surface area contributed by atoms with Crippen LogP contribution in [0.15, 0.2) is 18.6 Å². The third kappa shape index (κ3) is 4.58. The largest absolute Gasteiger partial charge is 0.464 e. The summed E-state index contributed by atoms with van der Waals surface area (Å²) >= 11 is 0. The zero-order valence-electron chi connectivity index (χ0n) is 9.84. The molecule has 0 aliphatic heterocycles. The summed E-state index contributed by atoms with van der Waals surface area (Å²) in [7, 11) is 0. The number of carbonyl (C=O) groups is 2. The molecule has 0 saturated heterocycles. The first-order valence-corrected chi connectivity index (χ1v) is 5.32. The third-order valence-corrected chi connectivity index (χ3v) is 1.98. The van der Waals surface area contributed by atoms with Crippen LogP contribution in [0.3, 0.4) is 0 Å². The van der Waals surface area contributed by atoms with Gasteiger partial charge >= 0.3 is 5.97 Å². The Kier molecular flexibility index (Phi) is 5.06. The smallest absolute Gasteiger partial charge is 0.329 e. The van der Waals surface area contributed by atoms with Crippen LogP contribution >= 0.6 is 0 Å². The normalized spacial score (nSPS) is 11.6. The van der Waals surface area contributed by atoms with E-state index < -0.39 is 12.0 Å². The molecule has 1 N–H and O–H groups in total. The molecule has 0 saturated carbocycles. The van der Waals surface area contributed by atoms with Crippen LogP contribution in [-0.4, -0.2) is 34.5 Å². The molecule has 0 aliphatic rings. The van der Waals surface area contributed by atoms with E-state index in [0.29, 0.717) is 5.69 Å². The molecular weight excluding hydrogens is 222 g/mol. The molecule has 0 fully saturated rings. The maximum Gasteiger partial charge on any atom is 0.329 e. The van der Waals surface area contributed by atoms with Gasteiger partial charge in [-0.1, -0.05) is 0 Å². The van der Waals surface area contributed by atoms with Crippen LogP contribution in [-0.2, 0) is 20.7 Å². The highest BCUT2D eigenvalue weighted by Crippen LogP contribution is 2.00. The van der Waals surface area contributed by atoms with E-state index in [1.807, 2.05) is 0 Å². The number of amides is 1. The van der Waals surface area contributed by atoms with Crippen LogP contribution in [0, 0.1) is 0 Å². The maximum absolute atomic E-state index is 11.6. The first-order valence-electron chi connectivity index (χ1n) is 5.32. The van der Waals surface area contributed by atoms with Crippen LogP contribution in [0.2, 0.25) is 0 Å². The van der Waals surface area contributed by atoms with Crippen molar-refractivity contribution >= 4 is 11.9 Å². The van der Waals surface area contributed by atoms with Crippen LogP contribution < -0.4 is 5.32 Å². The average molecular weight is 237 g/mol. The first-order chi connectivity index (χ1) is 8.13. The molecule has 1 atom stereocenters. The Morgan fingerprint density at radius 1 is 1.47 bits per heavy atom. The molecule has 1 rings (SSSR count). The van der Waals surface area contributed by atoms with E-state index in [9.17, 15) is 9.59 Å². The Morgan fingerprint density at radius 3 is 2.76 bits per heavy atom. The van der Waals surface area contributed by atoms with Crippen molar-refractivity contribution < 1.29 is 14.3 Å². The van der Waals surface area contributed by atoms with Crippen LogP contribution in [0.4, 0.5) is 0 Å². The Morgan fingerprint density at radius 2 is 2.24 bits per heavy atom. The number of aromatic nitrogens is 2. The van der Waals surface area contributed by atoms with E-state index in [1.165, 1.54) is 13.1 Å². The van der Waals surface area contributed by atoms with Crippen molar-refractivity contribution in [2.45, 2.75) is 26.3 Å². The highest BCUT2D eigenvalue weighted by Gasteiger charge is 2.21. The summed E-state index contributed by atoms with van der Waals surface area (Å²) < 4.78 is 4.88. The fourth-order valence-corrected chi connectivity index (χ4v) is 1.33. The van der Waals surface area contributed by atoms with E-state index >= 15 is 0 Å². The molecule has 0 aromatic carbocycles. The Hall–Kier alpha value is -1.98. The summed E-state index contributed by atoms with van der Waals surface area (Å²) in [6.45, 7) is 3.34. The van der Waals surface area contributed by atoms with Crippen molar-refractivity contribution in [3.63, 3.8) is 0 Å². The summed E-state index contributed by atoms with van der Waals surface area (Å²) in [6.07, 6.45) is 4.90. The van der Waals surface area contributed by atoms with Gasteiger partial charge in [-0.15, -0.1) is 0 Å². The van der Waals surface area contributed by atoms with Crippen LogP contribution in [0.1, 0.15) is 19.5 Å². The molecule has 0 aliphatic carbocycles.